The second kappa shape index (κ2) is 9.50. The maximum Gasteiger partial charge on any atom is 0.364 e. The molecule has 182 valence electrons. The second-order valence-corrected chi connectivity index (χ2v) is 7.82. The second-order valence-electron chi connectivity index (χ2n) is 7.82. The van der Waals surface area contributed by atoms with E-state index >= 15 is 0 Å². The van der Waals surface area contributed by atoms with Crippen LogP contribution in [0.25, 0.3) is 11.3 Å². The van der Waals surface area contributed by atoms with Gasteiger partial charge in [0.2, 0.25) is 11.6 Å². The topological polar surface area (TPSA) is 84.8 Å². The van der Waals surface area contributed by atoms with Gasteiger partial charge in [-0.3, -0.25) is 0 Å². The van der Waals surface area contributed by atoms with E-state index in [0.29, 0.717) is 51.2 Å². The summed E-state index contributed by atoms with van der Waals surface area (Å²) in [5.41, 5.74) is 2.81. The first-order valence-corrected chi connectivity index (χ1v) is 11.0. The first-order valence-electron chi connectivity index (χ1n) is 11.0. The summed E-state index contributed by atoms with van der Waals surface area (Å²) >= 11 is 0. The van der Waals surface area contributed by atoms with Gasteiger partial charge in [0, 0.05) is 22.3 Å². The van der Waals surface area contributed by atoms with Gasteiger partial charge in [-0.25, -0.2) is 9.79 Å². The van der Waals surface area contributed by atoms with Crippen LogP contribution in [0.4, 0.5) is 0 Å². The van der Waals surface area contributed by atoms with Crippen LogP contribution in [0.3, 0.4) is 0 Å². The zero-order valence-electron chi connectivity index (χ0n) is 20.2. The summed E-state index contributed by atoms with van der Waals surface area (Å²) in [6.07, 6.45) is 1.76. The van der Waals surface area contributed by atoms with E-state index in [1.807, 2.05) is 24.3 Å². The van der Waals surface area contributed by atoms with Crippen molar-refractivity contribution in [3.8, 4) is 28.7 Å². The maximum atomic E-state index is 13.0. The largest absolute Gasteiger partial charge is 0.497 e. The molecule has 3 aromatic carbocycles. The molecular formula is C28H23NO7. The number of fused-ring (bicyclic) bond motifs is 1. The molecule has 36 heavy (non-hydrogen) atoms. The number of hydrogen-bond donors (Lipinski definition) is 0. The molecule has 0 bridgehead atoms. The lowest BCUT2D eigenvalue weighted by atomic mass is 9.97. The summed E-state index contributed by atoms with van der Waals surface area (Å²) in [5, 5.41) is 0. The van der Waals surface area contributed by atoms with Crippen LogP contribution < -0.4 is 23.7 Å². The summed E-state index contributed by atoms with van der Waals surface area (Å²) in [6, 6.07) is 18.1. The highest BCUT2D eigenvalue weighted by Gasteiger charge is 2.31. The standard InChI is InChI=1S/C28H23NO7/c1-31-18-11-9-16(10-12-18)27-29-25(28(30)36-27)20-15-22(35-21-8-6-5-7-19(20)21)17-13-23(32-2)26(34-4)24(14-17)33-3/h5-15H,1-4H3. The average molecular weight is 485 g/mol. The molecule has 0 saturated carbocycles. The Kier molecular flexibility index (Phi) is 6.08. The molecule has 0 unspecified atom stereocenters. The number of benzene rings is 3. The summed E-state index contributed by atoms with van der Waals surface area (Å²) in [4.78, 5) is 17.5. The smallest absolute Gasteiger partial charge is 0.364 e. The first-order chi connectivity index (χ1) is 17.6. The predicted molar refractivity (Wildman–Crippen MR) is 134 cm³/mol. The molecule has 2 heterocycles. The lowest BCUT2D eigenvalue weighted by molar-refractivity contribution is -0.129. The highest BCUT2D eigenvalue weighted by molar-refractivity contribution is 6.15. The quantitative estimate of drug-likeness (QED) is 0.364. The number of ether oxygens (including phenoxy) is 6. The van der Waals surface area contributed by atoms with Crippen LogP contribution in [-0.2, 0) is 9.53 Å². The van der Waals surface area contributed by atoms with Crippen LogP contribution in [0.15, 0.2) is 77.4 Å². The normalized spacial score (nSPS) is 16.3. The molecule has 3 aromatic rings. The van der Waals surface area contributed by atoms with Crippen molar-refractivity contribution in [1.82, 2.24) is 0 Å². The highest BCUT2D eigenvalue weighted by Crippen LogP contribution is 2.44. The minimum absolute atomic E-state index is 0.182. The Morgan fingerprint density at radius 1 is 0.750 bits per heavy atom. The number of hydrogen-bond acceptors (Lipinski definition) is 8. The van der Waals surface area contributed by atoms with Gasteiger partial charge in [0.25, 0.3) is 0 Å². The summed E-state index contributed by atoms with van der Waals surface area (Å²) < 4.78 is 33.4. The number of allylic oxidation sites excluding steroid dienone is 2. The van der Waals surface area contributed by atoms with Gasteiger partial charge < -0.3 is 28.4 Å². The Morgan fingerprint density at radius 3 is 2.08 bits per heavy atom. The van der Waals surface area contributed by atoms with Gasteiger partial charge in [0.05, 0.1) is 28.4 Å². The number of rotatable bonds is 6. The molecule has 0 spiro atoms. The highest BCUT2D eigenvalue weighted by atomic mass is 16.6. The zero-order valence-corrected chi connectivity index (χ0v) is 20.2. The molecule has 8 nitrogen and oxygen atoms in total. The molecule has 0 fully saturated rings. The molecular weight excluding hydrogens is 462 g/mol. The number of carbonyl (C=O) groups excluding carboxylic acids is 1. The molecule has 0 radical (unpaired) electrons. The zero-order chi connectivity index (χ0) is 25.2. The Hall–Kier alpha value is -4.72. The van der Waals surface area contributed by atoms with Crippen molar-refractivity contribution in [1.29, 1.82) is 0 Å². The molecule has 0 aromatic heterocycles. The Bertz CT molecular complexity index is 1410. The van der Waals surface area contributed by atoms with Crippen LogP contribution in [-0.4, -0.2) is 40.3 Å². The van der Waals surface area contributed by atoms with Gasteiger partial charge >= 0.3 is 5.97 Å². The van der Waals surface area contributed by atoms with Crippen LogP contribution in [0.1, 0.15) is 16.7 Å². The van der Waals surface area contributed by atoms with Crippen LogP contribution >= 0.6 is 0 Å². The third-order valence-corrected chi connectivity index (χ3v) is 5.81. The van der Waals surface area contributed by atoms with Gasteiger partial charge in [0.1, 0.15) is 17.3 Å². The van der Waals surface area contributed by atoms with E-state index in [1.165, 1.54) is 0 Å². The molecule has 0 N–H and O–H groups in total. The van der Waals surface area contributed by atoms with Gasteiger partial charge in [-0.05, 0) is 48.5 Å². The number of para-hydroxylation sites is 1. The Morgan fingerprint density at radius 2 is 1.44 bits per heavy atom. The summed E-state index contributed by atoms with van der Waals surface area (Å²) in [6.45, 7) is 0. The van der Waals surface area contributed by atoms with Crippen molar-refractivity contribution in [2.45, 2.75) is 0 Å². The van der Waals surface area contributed by atoms with E-state index in [0.717, 1.165) is 5.56 Å². The maximum absolute atomic E-state index is 13.0. The van der Waals surface area contributed by atoms with E-state index in [-0.39, 0.29) is 11.6 Å². The molecule has 0 amide bonds. The monoisotopic (exact) mass is 485 g/mol. The lowest BCUT2D eigenvalue weighted by Gasteiger charge is -2.22. The minimum atomic E-state index is -0.548. The van der Waals surface area contributed by atoms with E-state index in [9.17, 15) is 4.79 Å². The first kappa shape index (κ1) is 23.0. The predicted octanol–water partition coefficient (Wildman–Crippen LogP) is 4.87. The van der Waals surface area contributed by atoms with Crippen molar-refractivity contribution >= 4 is 23.2 Å². The lowest BCUT2D eigenvalue weighted by Crippen LogP contribution is -2.09. The fraction of sp³-hybridized carbons (Fsp3) is 0.143. The van der Waals surface area contributed by atoms with Crippen LogP contribution in [0.5, 0.6) is 28.7 Å². The van der Waals surface area contributed by atoms with Crippen molar-refractivity contribution in [2.24, 2.45) is 4.99 Å². The van der Waals surface area contributed by atoms with Gasteiger partial charge in [-0.1, -0.05) is 18.2 Å². The third-order valence-electron chi connectivity index (χ3n) is 5.81. The minimum Gasteiger partial charge on any atom is -0.497 e. The summed E-state index contributed by atoms with van der Waals surface area (Å²) in [5.74, 6) is 2.84. The van der Waals surface area contributed by atoms with Gasteiger partial charge in [-0.2, -0.15) is 0 Å². The molecule has 0 atom stereocenters. The Labute approximate surface area is 208 Å². The SMILES string of the molecule is COc1ccc(C2=NC(=C3C=C(c4cc(OC)c(OC)c(OC)c4)Oc4ccccc43)C(=O)O2)cc1. The fourth-order valence-electron chi connectivity index (χ4n) is 4.03. The Balaban J connectivity index is 1.66. The van der Waals surface area contributed by atoms with Crippen LogP contribution in [0.2, 0.25) is 0 Å². The summed E-state index contributed by atoms with van der Waals surface area (Å²) in [7, 11) is 6.22. The molecule has 0 saturated heterocycles. The molecule has 5 rings (SSSR count). The van der Waals surface area contributed by atoms with E-state index in [4.69, 9.17) is 28.4 Å². The van der Waals surface area contributed by atoms with Crippen molar-refractivity contribution < 1.29 is 33.2 Å². The number of carbonyl (C=O) groups is 1. The number of nitrogens with zero attached hydrogens (tertiary/aromatic N) is 1. The average Bonchev–Trinajstić information content (AvgIpc) is 3.32. The van der Waals surface area contributed by atoms with Crippen molar-refractivity contribution in [3.63, 3.8) is 0 Å². The number of cyclic esters (lactones) is 1. The number of esters is 1. The van der Waals surface area contributed by atoms with E-state index < -0.39 is 5.97 Å². The van der Waals surface area contributed by atoms with Crippen LogP contribution in [0, 0.1) is 0 Å². The molecule has 2 aliphatic rings. The van der Waals surface area contributed by atoms with E-state index in [1.54, 1.807) is 70.9 Å². The molecule has 8 heteroatoms. The fourth-order valence-corrected chi connectivity index (χ4v) is 4.03. The van der Waals surface area contributed by atoms with Crippen molar-refractivity contribution in [3.05, 3.63) is 89.1 Å². The van der Waals surface area contributed by atoms with Crippen molar-refractivity contribution in [2.75, 3.05) is 28.4 Å². The number of aliphatic imine (C=N–C) groups is 1. The molecule has 2 aliphatic heterocycles. The third kappa shape index (κ3) is 4.02. The van der Waals surface area contributed by atoms with Gasteiger partial charge in [-0.15, -0.1) is 0 Å². The van der Waals surface area contributed by atoms with E-state index in [2.05, 4.69) is 4.99 Å². The molecule has 0 aliphatic carbocycles. The number of methoxy groups -OCH3 is 4. The van der Waals surface area contributed by atoms with Gasteiger partial charge in [0.15, 0.2) is 17.2 Å².